The highest BCUT2D eigenvalue weighted by molar-refractivity contribution is 5.51. The van der Waals surface area contributed by atoms with Crippen LogP contribution in [0.2, 0.25) is 0 Å². The van der Waals surface area contributed by atoms with E-state index >= 15 is 0 Å². The van der Waals surface area contributed by atoms with Crippen LogP contribution < -0.4 is 0 Å². The first kappa shape index (κ1) is 32.9. The van der Waals surface area contributed by atoms with Gasteiger partial charge in [-0.15, -0.1) is 19.7 Å². The van der Waals surface area contributed by atoms with Gasteiger partial charge in [0.2, 0.25) is 0 Å². The van der Waals surface area contributed by atoms with Crippen molar-refractivity contribution in [2.24, 2.45) is 0 Å². The minimum absolute atomic E-state index is 0.0386. The molecule has 5 aromatic rings. The third-order valence-electron chi connectivity index (χ3n) is 8.85. The molecule has 0 radical (unpaired) electrons. The molecule has 1 unspecified atom stereocenters. The second-order valence-electron chi connectivity index (χ2n) is 12.1. The van der Waals surface area contributed by atoms with Gasteiger partial charge in [-0.2, -0.15) is 0 Å². The van der Waals surface area contributed by atoms with E-state index in [4.69, 9.17) is 0 Å². The third-order valence-corrected chi connectivity index (χ3v) is 8.85. The van der Waals surface area contributed by atoms with Crippen molar-refractivity contribution in [3.63, 3.8) is 0 Å². The highest BCUT2D eigenvalue weighted by Gasteiger charge is 2.21. The average Bonchev–Trinajstić information content (AvgIpc) is 3.06. The van der Waals surface area contributed by atoms with Crippen molar-refractivity contribution in [2.75, 3.05) is 0 Å². The fraction of sp³-hybridized carbons (Fsp3) is 0.163. The Bertz CT molecular complexity index is 1840. The fourth-order valence-electron chi connectivity index (χ4n) is 6.33. The van der Waals surface area contributed by atoms with Crippen LogP contribution in [0.1, 0.15) is 67.5 Å². The third kappa shape index (κ3) is 7.50. The van der Waals surface area contributed by atoms with Crippen LogP contribution in [0, 0.1) is 6.92 Å². The lowest BCUT2D eigenvalue weighted by atomic mass is 9.81. The zero-order chi connectivity index (χ0) is 33.5. The fourth-order valence-corrected chi connectivity index (χ4v) is 6.33. The monoisotopic (exact) mass is 622 g/mol. The Morgan fingerprint density at radius 3 is 1.32 bits per heavy atom. The van der Waals surface area contributed by atoms with E-state index in [0.717, 1.165) is 55.6 Å². The predicted octanol–water partition coefficient (Wildman–Crippen LogP) is 9.56. The molecule has 5 rings (SSSR count). The maximum Gasteiger partial charge on any atom is 0.119 e. The molecule has 0 saturated heterocycles. The smallest absolute Gasteiger partial charge is 0.119 e. The highest BCUT2D eigenvalue weighted by atomic mass is 16.3. The van der Waals surface area contributed by atoms with Gasteiger partial charge in [0.25, 0.3) is 0 Å². The predicted molar refractivity (Wildman–Crippen MR) is 192 cm³/mol. The summed E-state index contributed by atoms with van der Waals surface area (Å²) in [6.45, 7) is 13.5. The van der Waals surface area contributed by atoms with E-state index in [9.17, 15) is 20.4 Å². The van der Waals surface area contributed by atoms with E-state index in [1.807, 2.05) is 55.5 Å². The molecule has 0 aliphatic heterocycles. The number of hydrogen-bond donors (Lipinski definition) is 4. The Labute approximate surface area is 278 Å². The first-order valence-corrected chi connectivity index (χ1v) is 15.9. The van der Waals surface area contributed by atoms with Crippen LogP contribution in [0.4, 0.5) is 0 Å². The molecular formula is C43H42O4. The zero-order valence-electron chi connectivity index (χ0n) is 26.9. The molecular weight excluding hydrogens is 580 g/mol. The van der Waals surface area contributed by atoms with Gasteiger partial charge in [-0.05, 0) is 113 Å². The molecule has 238 valence electrons. The number of rotatable bonds is 13. The van der Waals surface area contributed by atoms with Gasteiger partial charge in [0.15, 0.2) is 0 Å². The molecule has 0 saturated carbocycles. The summed E-state index contributed by atoms with van der Waals surface area (Å²) in [4.78, 5) is 0. The van der Waals surface area contributed by atoms with Crippen LogP contribution in [0.5, 0.6) is 23.0 Å². The second-order valence-corrected chi connectivity index (χ2v) is 12.1. The van der Waals surface area contributed by atoms with Crippen LogP contribution in [0.3, 0.4) is 0 Å². The van der Waals surface area contributed by atoms with Crippen LogP contribution in [0.15, 0.2) is 135 Å². The van der Waals surface area contributed by atoms with E-state index in [1.165, 1.54) is 0 Å². The number of aromatic hydroxyl groups is 4. The number of phenolic OH excluding ortho intramolecular Hbond substituents is 4. The molecule has 0 heterocycles. The molecule has 1 atom stereocenters. The number of aryl methyl sites for hydroxylation is 1. The first-order valence-electron chi connectivity index (χ1n) is 15.9. The van der Waals surface area contributed by atoms with Crippen molar-refractivity contribution in [3.05, 3.63) is 191 Å². The molecule has 0 fully saturated rings. The summed E-state index contributed by atoms with van der Waals surface area (Å²) in [6.07, 6.45) is 7.73. The van der Waals surface area contributed by atoms with Gasteiger partial charge in [0.05, 0.1) is 0 Å². The van der Waals surface area contributed by atoms with Crippen LogP contribution in [-0.4, -0.2) is 20.4 Å². The SMILES string of the molecule is C=CCc1cc(C(Cc2ccc(C(c3ccc(O)c(C)c3)c3ccc(O)c(CC=C)c3)cc2)c2ccc(O)c(CC=C)c2)ccc1O. The normalized spacial score (nSPS) is 11.7. The summed E-state index contributed by atoms with van der Waals surface area (Å²) in [5.41, 5.74) is 9.67. The molecule has 0 aliphatic rings. The van der Waals surface area contributed by atoms with Crippen molar-refractivity contribution in [2.45, 2.75) is 44.4 Å². The van der Waals surface area contributed by atoms with E-state index in [1.54, 1.807) is 42.5 Å². The average molecular weight is 623 g/mol. The number of allylic oxidation sites excluding steroid dienone is 3. The Morgan fingerprint density at radius 2 is 0.872 bits per heavy atom. The lowest BCUT2D eigenvalue weighted by Gasteiger charge is -2.23. The lowest BCUT2D eigenvalue weighted by molar-refractivity contribution is 0.468. The molecule has 0 aliphatic carbocycles. The van der Waals surface area contributed by atoms with E-state index in [0.29, 0.717) is 25.7 Å². The second kappa shape index (κ2) is 14.7. The Balaban J connectivity index is 1.56. The van der Waals surface area contributed by atoms with Crippen molar-refractivity contribution in [3.8, 4) is 23.0 Å². The van der Waals surface area contributed by atoms with Gasteiger partial charge in [0, 0.05) is 11.8 Å². The summed E-state index contributed by atoms with van der Waals surface area (Å²) in [7, 11) is 0. The van der Waals surface area contributed by atoms with Gasteiger partial charge < -0.3 is 20.4 Å². The summed E-state index contributed by atoms with van der Waals surface area (Å²) in [5, 5.41) is 41.7. The number of hydrogen-bond acceptors (Lipinski definition) is 4. The minimum Gasteiger partial charge on any atom is -0.508 e. The van der Waals surface area contributed by atoms with Crippen LogP contribution in [0.25, 0.3) is 0 Å². The zero-order valence-corrected chi connectivity index (χ0v) is 26.9. The standard InChI is InChI=1S/C43H42O4/c1-5-8-33-25-31(15-20-40(33)45)38(32-16-21-41(46)34(26-32)9-6-2)24-29-11-13-30(14-12-29)43(36-17-19-39(44)28(4)23-36)37-18-22-42(47)35(27-37)10-7-3/h5-7,11-23,25-27,38,43-47H,1-3,8-10,24H2,4H3. The van der Waals surface area contributed by atoms with Gasteiger partial charge in [-0.3, -0.25) is 0 Å². The van der Waals surface area contributed by atoms with Gasteiger partial charge in [0.1, 0.15) is 23.0 Å². The van der Waals surface area contributed by atoms with Gasteiger partial charge in [-0.1, -0.05) is 91.0 Å². The first-order chi connectivity index (χ1) is 22.7. The molecule has 0 spiro atoms. The molecule has 5 aromatic carbocycles. The van der Waals surface area contributed by atoms with Crippen LogP contribution >= 0.6 is 0 Å². The van der Waals surface area contributed by atoms with Crippen molar-refractivity contribution in [1.29, 1.82) is 0 Å². The topological polar surface area (TPSA) is 80.9 Å². The minimum atomic E-state index is -0.125. The van der Waals surface area contributed by atoms with Crippen LogP contribution in [-0.2, 0) is 25.7 Å². The summed E-state index contributed by atoms with van der Waals surface area (Å²) >= 11 is 0. The van der Waals surface area contributed by atoms with Crippen molar-refractivity contribution in [1.82, 2.24) is 0 Å². The largest absolute Gasteiger partial charge is 0.508 e. The Morgan fingerprint density at radius 1 is 0.489 bits per heavy atom. The summed E-state index contributed by atoms with van der Waals surface area (Å²) < 4.78 is 0. The molecule has 4 nitrogen and oxygen atoms in total. The maximum atomic E-state index is 10.5. The quantitative estimate of drug-likeness (QED) is 0.0779. The lowest BCUT2D eigenvalue weighted by Crippen LogP contribution is -2.08. The van der Waals surface area contributed by atoms with Crippen molar-refractivity contribution >= 4 is 0 Å². The highest BCUT2D eigenvalue weighted by Crippen LogP contribution is 2.38. The maximum absolute atomic E-state index is 10.5. The Hall–Kier alpha value is -5.48. The van der Waals surface area contributed by atoms with Crippen molar-refractivity contribution < 1.29 is 20.4 Å². The summed E-state index contributed by atoms with van der Waals surface area (Å²) in [5.74, 6) is 0.824. The number of phenols is 4. The van der Waals surface area contributed by atoms with E-state index < -0.39 is 0 Å². The molecule has 4 heteroatoms. The molecule has 0 aromatic heterocycles. The summed E-state index contributed by atoms with van der Waals surface area (Å²) in [6, 6.07) is 31.6. The van der Waals surface area contributed by atoms with E-state index in [2.05, 4.69) is 44.0 Å². The van der Waals surface area contributed by atoms with Gasteiger partial charge in [-0.25, -0.2) is 0 Å². The molecule has 0 amide bonds. The molecule has 47 heavy (non-hydrogen) atoms. The molecule has 4 N–H and O–H groups in total. The van der Waals surface area contributed by atoms with E-state index in [-0.39, 0.29) is 34.8 Å². The van der Waals surface area contributed by atoms with Gasteiger partial charge >= 0.3 is 0 Å². The molecule has 0 bridgehead atoms. The Kier molecular flexibility index (Phi) is 10.3. The number of benzene rings is 5.